The normalized spacial score (nSPS) is 11.4. The lowest BCUT2D eigenvalue weighted by Gasteiger charge is -2.20. The van der Waals surface area contributed by atoms with Gasteiger partial charge >= 0.3 is 5.97 Å². The van der Waals surface area contributed by atoms with Crippen molar-refractivity contribution >= 4 is 17.6 Å². The summed E-state index contributed by atoms with van der Waals surface area (Å²) in [5.74, 6) is -0.0513. The number of benzene rings is 1. The van der Waals surface area contributed by atoms with E-state index in [2.05, 4.69) is 20.8 Å². The maximum atomic E-state index is 10.4. The Morgan fingerprint density at radius 3 is 2.50 bits per heavy atom. The third kappa shape index (κ3) is 5.83. The van der Waals surface area contributed by atoms with Crippen LogP contribution >= 0.6 is 11.6 Å². The summed E-state index contributed by atoms with van der Waals surface area (Å²) in [6, 6.07) is 5.88. The molecule has 0 atom stereocenters. The molecule has 0 unspecified atom stereocenters. The summed E-state index contributed by atoms with van der Waals surface area (Å²) in [4.78, 5) is 10.4. The van der Waals surface area contributed by atoms with Crippen molar-refractivity contribution in [3.05, 3.63) is 28.8 Å². The van der Waals surface area contributed by atoms with Crippen LogP contribution in [0.5, 0.6) is 5.75 Å². The van der Waals surface area contributed by atoms with Gasteiger partial charge in [-0.2, -0.15) is 0 Å². The largest absolute Gasteiger partial charge is 0.492 e. The third-order valence-electron chi connectivity index (χ3n) is 3.09. The van der Waals surface area contributed by atoms with Gasteiger partial charge in [0.1, 0.15) is 5.75 Å². The second-order valence-electron chi connectivity index (χ2n) is 5.95. The quantitative estimate of drug-likeness (QED) is 0.745. The van der Waals surface area contributed by atoms with Crippen molar-refractivity contribution in [3.8, 4) is 5.75 Å². The van der Waals surface area contributed by atoms with Crippen LogP contribution in [0.25, 0.3) is 0 Å². The van der Waals surface area contributed by atoms with Gasteiger partial charge in [0.25, 0.3) is 0 Å². The van der Waals surface area contributed by atoms with Gasteiger partial charge < -0.3 is 9.84 Å². The lowest BCUT2D eigenvalue weighted by Crippen LogP contribution is -2.11. The highest BCUT2D eigenvalue weighted by Gasteiger charge is 2.15. The predicted octanol–water partition coefficient (Wildman–Crippen LogP) is 4.66. The number of ether oxygens (including phenoxy) is 1. The van der Waals surface area contributed by atoms with Gasteiger partial charge in [-0.3, -0.25) is 4.79 Å². The predicted molar refractivity (Wildman–Crippen MR) is 81.8 cm³/mol. The molecule has 20 heavy (non-hydrogen) atoms. The Hall–Kier alpha value is -1.22. The minimum absolute atomic E-state index is 0.0685. The van der Waals surface area contributed by atoms with Gasteiger partial charge in [0.2, 0.25) is 0 Å². The molecule has 0 radical (unpaired) electrons. The highest BCUT2D eigenvalue weighted by molar-refractivity contribution is 6.32. The van der Waals surface area contributed by atoms with Crippen LogP contribution in [0.15, 0.2) is 18.2 Å². The summed E-state index contributed by atoms with van der Waals surface area (Å²) in [6.45, 7) is 6.99. The molecule has 0 aliphatic rings. The Morgan fingerprint density at radius 2 is 1.95 bits per heavy atom. The van der Waals surface area contributed by atoms with Crippen molar-refractivity contribution in [1.29, 1.82) is 0 Å². The van der Waals surface area contributed by atoms with E-state index in [1.54, 1.807) is 0 Å². The van der Waals surface area contributed by atoms with Crippen molar-refractivity contribution in [1.82, 2.24) is 0 Å². The summed E-state index contributed by atoms with van der Waals surface area (Å²) in [5.41, 5.74) is 1.25. The molecule has 0 saturated carbocycles. The number of halogens is 1. The Balaban J connectivity index is 2.40. The van der Waals surface area contributed by atoms with Crippen LogP contribution in [0.1, 0.15) is 52.0 Å². The molecule has 1 aromatic carbocycles. The fourth-order valence-corrected chi connectivity index (χ4v) is 2.06. The van der Waals surface area contributed by atoms with Crippen LogP contribution in [0.2, 0.25) is 5.02 Å². The Morgan fingerprint density at radius 1 is 1.25 bits per heavy atom. The van der Waals surface area contributed by atoms with Crippen molar-refractivity contribution < 1.29 is 14.6 Å². The van der Waals surface area contributed by atoms with Gasteiger partial charge in [-0.05, 0) is 42.4 Å². The number of rotatable bonds is 7. The first-order valence-electron chi connectivity index (χ1n) is 6.95. The monoisotopic (exact) mass is 298 g/mol. The van der Waals surface area contributed by atoms with Crippen LogP contribution in [-0.4, -0.2) is 17.7 Å². The van der Waals surface area contributed by atoms with Crippen molar-refractivity contribution in [3.63, 3.8) is 0 Å². The zero-order chi connectivity index (χ0) is 15.2. The Bertz CT molecular complexity index is 450. The van der Waals surface area contributed by atoms with Gasteiger partial charge in [-0.1, -0.05) is 38.4 Å². The van der Waals surface area contributed by atoms with Crippen molar-refractivity contribution in [2.24, 2.45) is 0 Å². The smallest absolute Gasteiger partial charge is 0.303 e. The van der Waals surface area contributed by atoms with Gasteiger partial charge in [0.05, 0.1) is 11.6 Å². The third-order valence-corrected chi connectivity index (χ3v) is 3.39. The summed E-state index contributed by atoms with van der Waals surface area (Å²) in [6.07, 6.45) is 2.60. The highest BCUT2D eigenvalue weighted by atomic mass is 35.5. The van der Waals surface area contributed by atoms with E-state index in [1.807, 2.05) is 18.2 Å². The number of aliphatic carboxylic acids is 1. The van der Waals surface area contributed by atoms with E-state index in [0.29, 0.717) is 23.8 Å². The van der Waals surface area contributed by atoms with E-state index in [9.17, 15) is 4.79 Å². The fourth-order valence-electron chi connectivity index (χ4n) is 1.82. The van der Waals surface area contributed by atoms with Gasteiger partial charge in [-0.25, -0.2) is 0 Å². The molecule has 1 N–H and O–H groups in total. The molecule has 4 heteroatoms. The Labute approximate surface area is 125 Å². The van der Waals surface area contributed by atoms with Gasteiger partial charge in [0.15, 0.2) is 0 Å². The molecule has 0 saturated heterocycles. The molecule has 0 fully saturated rings. The van der Waals surface area contributed by atoms with Crippen molar-refractivity contribution in [2.75, 3.05) is 6.61 Å². The van der Waals surface area contributed by atoms with Gasteiger partial charge in [-0.15, -0.1) is 0 Å². The molecular formula is C16H23ClO3. The summed E-state index contributed by atoms with van der Waals surface area (Å²) in [5, 5.41) is 9.16. The average molecular weight is 299 g/mol. The van der Waals surface area contributed by atoms with Crippen LogP contribution in [0.3, 0.4) is 0 Å². The zero-order valence-electron chi connectivity index (χ0n) is 12.4. The standard InChI is InChI=1S/C16H23ClO3/c1-16(2,3)12-8-9-14(13(17)11-12)20-10-6-4-5-7-15(18)19/h8-9,11H,4-7,10H2,1-3H3,(H,18,19). The van der Waals surface area contributed by atoms with Crippen LogP contribution in [0.4, 0.5) is 0 Å². The number of carboxylic acids is 1. The van der Waals surface area contributed by atoms with E-state index >= 15 is 0 Å². The van der Waals surface area contributed by atoms with Crippen LogP contribution in [0, 0.1) is 0 Å². The molecule has 1 aromatic rings. The molecule has 1 rings (SSSR count). The van der Waals surface area contributed by atoms with Crippen LogP contribution in [-0.2, 0) is 10.2 Å². The molecule has 112 valence electrons. The molecule has 0 spiro atoms. The molecule has 0 bridgehead atoms. The van der Waals surface area contributed by atoms with Crippen molar-refractivity contribution in [2.45, 2.75) is 51.9 Å². The molecule has 0 aliphatic heterocycles. The lowest BCUT2D eigenvalue weighted by molar-refractivity contribution is -0.137. The van der Waals surface area contributed by atoms with E-state index in [1.165, 1.54) is 5.56 Å². The molecular weight excluding hydrogens is 276 g/mol. The lowest BCUT2D eigenvalue weighted by atomic mass is 9.87. The number of unbranched alkanes of at least 4 members (excludes halogenated alkanes) is 2. The number of hydrogen-bond donors (Lipinski definition) is 1. The van der Waals surface area contributed by atoms with Gasteiger partial charge in [0, 0.05) is 6.42 Å². The second kappa shape index (κ2) is 7.53. The molecule has 0 aliphatic carbocycles. The maximum Gasteiger partial charge on any atom is 0.303 e. The summed E-state index contributed by atoms with van der Waals surface area (Å²) in [7, 11) is 0. The first kappa shape index (κ1) is 16.8. The van der Waals surface area contributed by atoms with E-state index in [4.69, 9.17) is 21.4 Å². The highest BCUT2D eigenvalue weighted by Crippen LogP contribution is 2.31. The number of hydrogen-bond acceptors (Lipinski definition) is 2. The maximum absolute atomic E-state index is 10.4. The fraction of sp³-hybridized carbons (Fsp3) is 0.562. The van der Waals surface area contributed by atoms with E-state index in [-0.39, 0.29) is 11.8 Å². The van der Waals surface area contributed by atoms with E-state index in [0.717, 1.165) is 12.8 Å². The van der Waals surface area contributed by atoms with Crippen LogP contribution < -0.4 is 4.74 Å². The SMILES string of the molecule is CC(C)(C)c1ccc(OCCCCCC(=O)O)c(Cl)c1. The molecule has 0 aromatic heterocycles. The number of carboxylic acid groups (broad SMARTS) is 1. The first-order valence-corrected chi connectivity index (χ1v) is 7.33. The summed E-state index contributed by atoms with van der Waals surface area (Å²) >= 11 is 6.21. The second-order valence-corrected chi connectivity index (χ2v) is 6.36. The minimum atomic E-state index is -0.744. The minimum Gasteiger partial charge on any atom is -0.492 e. The molecule has 3 nitrogen and oxygen atoms in total. The molecule has 0 heterocycles. The number of carbonyl (C=O) groups is 1. The van der Waals surface area contributed by atoms with E-state index < -0.39 is 5.97 Å². The average Bonchev–Trinajstić information content (AvgIpc) is 2.33. The Kier molecular flexibility index (Phi) is 6.34. The zero-order valence-corrected chi connectivity index (χ0v) is 13.2. The summed E-state index contributed by atoms with van der Waals surface area (Å²) < 4.78 is 5.63. The topological polar surface area (TPSA) is 46.5 Å². The molecule has 0 amide bonds. The first-order chi connectivity index (χ1) is 9.30.